The minimum atomic E-state index is -3.45. The lowest BCUT2D eigenvalue weighted by atomic mass is 9.94. The van der Waals surface area contributed by atoms with Crippen LogP contribution in [0.3, 0.4) is 0 Å². The van der Waals surface area contributed by atoms with Crippen molar-refractivity contribution >= 4 is 9.84 Å². The number of rotatable bonds is 4. The van der Waals surface area contributed by atoms with Crippen LogP contribution < -0.4 is 10.3 Å². The van der Waals surface area contributed by atoms with Crippen molar-refractivity contribution in [3.63, 3.8) is 0 Å². The van der Waals surface area contributed by atoms with Gasteiger partial charge in [-0.05, 0) is 44.0 Å². The Morgan fingerprint density at radius 3 is 2.39 bits per heavy atom. The van der Waals surface area contributed by atoms with Crippen molar-refractivity contribution in [2.75, 3.05) is 6.26 Å². The minimum absolute atomic E-state index is 0.122. The van der Waals surface area contributed by atoms with Crippen molar-refractivity contribution in [2.45, 2.75) is 49.5 Å². The van der Waals surface area contributed by atoms with Gasteiger partial charge in [0.1, 0.15) is 5.75 Å². The van der Waals surface area contributed by atoms with E-state index in [1.807, 2.05) is 0 Å². The van der Waals surface area contributed by atoms with Gasteiger partial charge in [0.05, 0.1) is 11.0 Å². The summed E-state index contributed by atoms with van der Waals surface area (Å²) in [6.07, 6.45) is 2.36. The molecule has 1 aromatic heterocycles. The largest absolute Gasteiger partial charge is 0.490 e. The quantitative estimate of drug-likeness (QED) is 0.769. The third kappa shape index (κ3) is 4.43. The van der Waals surface area contributed by atoms with E-state index < -0.39 is 15.8 Å². The molecule has 3 rings (SSSR count). The molecule has 0 bridgehead atoms. The number of aromatic nitrogens is 1. The number of sulfone groups is 1. The summed E-state index contributed by atoms with van der Waals surface area (Å²) < 4.78 is 58.2. The molecule has 5 nitrogen and oxygen atoms in total. The molecule has 0 atom stereocenters. The maximum Gasteiger partial charge on any atom is 0.253 e. The molecule has 1 aliphatic rings. The van der Waals surface area contributed by atoms with Gasteiger partial charge in [-0.25, -0.2) is 17.2 Å². The number of halogens is 2. The number of hydrogen-bond acceptors (Lipinski definition) is 4. The van der Waals surface area contributed by atoms with Crippen LogP contribution in [0.25, 0.3) is 11.1 Å². The Hall–Kier alpha value is -2.22. The number of pyridine rings is 1. The summed E-state index contributed by atoms with van der Waals surface area (Å²) in [5, 5.41) is 0. The number of hydrogen-bond donors (Lipinski definition) is 0. The molecule has 1 aliphatic carbocycles. The summed E-state index contributed by atoms with van der Waals surface area (Å²) in [5.74, 6) is -2.24. The highest BCUT2D eigenvalue weighted by Gasteiger charge is 2.36. The fourth-order valence-corrected chi connectivity index (χ4v) is 4.05. The summed E-state index contributed by atoms with van der Waals surface area (Å²) in [6, 6.07) is 6.17. The zero-order chi connectivity index (χ0) is 20.7. The van der Waals surface area contributed by atoms with Gasteiger partial charge < -0.3 is 9.30 Å². The Morgan fingerprint density at radius 2 is 1.82 bits per heavy atom. The van der Waals surface area contributed by atoms with Crippen LogP contribution >= 0.6 is 0 Å². The van der Waals surface area contributed by atoms with E-state index in [1.54, 1.807) is 32.3 Å². The Labute approximate surface area is 162 Å². The van der Waals surface area contributed by atoms with Crippen LogP contribution in [0, 0.1) is 6.92 Å². The fourth-order valence-electron chi connectivity index (χ4n) is 3.40. The van der Waals surface area contributed by atoms with Crippen molar-refractivity contribution in [3.8, 4) is 16.9 Å². The molecule has 1 heterocycles. The number of aryl methyl sites for hydroxylation is 2. The van der Waals surface area contributed by atoms with E-state index in [0.29, 0.717) is 22.4 Å². The van der Waals surface area contributed by atoms with Crippen LogP contribution in [0.1, 0.15) is 31.2 Å². The van der Waals surface area contributed by atoms with Crippen LogP contribution in [0.4, 0.5) is 8.78 Å². The minimum Gasteiger partial charge on any atom is -0.490 e. The van der Waals surface area contributed by atoms with E-state index in [9.17, 15) is 22.0 Å². The van der Waals surface area contributed by atoms with E-state index in [4.69, 9.17) is 4.74 Å². The number of benzene rings is 1. The molecule has 0 amide bonds. The topological polar surface area (TPSA) is 65.4 Å². The monoisotopic (exact) mass is 411 g/mol. The summed E-state index contributed by atoms with van der Waals surface area (Å²) in [7, 11) is -1.84. The van der Waals surface area contributed by atoms with Gasteiger partial charge in [-0.15, -0.1) is 0 Å². The highest BCUT2D eigenvalue weighted by atomic mass is 32.2. The van der Waals surface area contributed by atoms with Gasteiger partial charge in [-0.1, -0.05) is 0 Å². The van der Waals surface area contributed by atoms with Crippen molar-refractivity contribution in [1.82, 2.24) is 4.57 Å². The van der Waals surface area contributed by atoms with E-state index in [0.717, 1.165) is 6.26 Å². The summed E-state index contributed by atoms with van der Waals surface area (Å²) in [6.45, 7) is 1.68. The normalized spacial score (nSPS) is 17.5. The SMILES string of the molecule is Cc1cc(-c2cc(S(C)(=O)=O)ccc2OC2CCC(F)(F)CC2)cn(C)c1=O. The van der Waals surface area contributed by atoms with Gasteiger partial charge >= 0.3 is 0 Å². The van der Waals surface area contributed by atoms with Crippen molar-refractivity contribution < 1.29 is 21.9 Å². The van der Waals surface area contributed by atoms with E-state index >= 15 is 0 Å². The molecular formula is C20H23F2NO4S. The van der Waals surface area contributed by atoms with Gasteiger partial charge in [-0.3, -0.25) is 4.79 Å². The third-order valence-corrected chi connectivity index (χ3v) is 6.12. The van der Waals surface area contributed by atoms with Crippen molar-refractivity contribution in [3.05, 3.63) is 46.4 Å². The summed E-state index contributed by atoms with van der Waals surface area (Å²) in [5.41, 5.74) is 1.49. The Kier molecular flexibility index (Phi) is 5.36. The van der Waals surface area contributed by atoms with E-state index in [2.05, 4.69) is 0 Å². The lowest BCUT2D eigenvalue weighted by molar-refractivity contribution is -0.0581. The smallest absolute Gasteiger partial charge is 0.253 e. The van der Waals surface area contributed by atoms with Crippen LogP contribution in [0.15, 0.2) is 40.2 Å². The number of alkyl halides is 2. The highest BCUT2D eigenvalue weighted by Crippen LogP contribution is 2.38. The maximum absolute atomic E-state index is 13.4. The highest BCUT2D eigenvalue weighted by molar-refractivity contribution is 7.90. The van der Waals surface area contributed by atoms with Gasteiger partial charge in [-0.2, -0.15) is 0 Å². The average Bonchev–Trinajstić information content (AvgIpc) is 2.60. The lowest BCUT2D eigenvalue weighted by Gasteiger charge is -2.29. The molecule has 1 fully saturated rings. The van der Waals surface area contributed by atoms with Gasteiger partial charge in [0.2, 0.25) is 5.92 Å². The lowest BCUT2D eigenvalue weighted by Crippen LogP contribution is -2.30. The second-order valence-corrected chi connectivity index (χ2v) is 9.45. The second kappa shape index (κ2) is 7.31. The standard InChI is InChI=1S/C20H23F2NO4S/c1-13-10-14(12-23(2)19(13)24)17-11-16(28(3,25)26)4-5-18(17)27-15-6-8-20(21,22)9-7-15/h4-5,10-12,15H,6-9H2,1-3H3. The van der Waals surface area contributed by atoms with E-state index in [1.165, 1.54) is 16.7 Å². The summed E-state index contributed by atoms with van der Waals surface area (Å²) >= 11 is 0. The van der Waals surface area contributed by atoms with Crippen LogP contribution in [0.5, 0.6) is 5.75 Å². The zero-order valence-corrected chi connectivity index (χ0v) is 16.9. The van der Waals surface area contributed by atoms with Gasteiger partial charge in [0.15, 0.2) is 9.84 Å². The van der Waals surface area contributed by atoms with Crippen molar-refractivity contribution in [1.29, 1.82) is 0 Å². The van der Waals surface area contributed by atoms with Crippen LogP contribution in [-0.2, 0) is 16.9 Å². The molecule has 0 spiro atoms. The summed E-state index contributed by atoms with van der Waals surface area (Å²) in [4.78, 5) is 12.1. The molecule has 0 N–H and O–H groups in total. The Balaban J connectivity index is 2.04. The van der Waals surface area contributed by atoms with Crippen LogP contribution in [0.2, 0.25) is 0 Å². The first-order chi connectivity index (χ1) is 13.0. The predicted molar refractivity (Wildman–Crippen MR) is 103 cm³/mol. The van der Waals surface area contributed by atoms with Gasteiger partial charge in [0, 0.05) is 49.0 Å². The van der Waals surface area contributed by atoms with Crippen LogP contribution in [-0.4, -0.2) is 31.3 Å². The molecule has 0 aliphatic heterocycles. The Morgan fingerprint density at radius 1 is 1.18 bits per heavy atom. The first kappa shape index (κ1) is 20.5. The van der Waals surface area contributed by atoms with E-state index in [-0.39, 0.29) is 42.2 Å². The molecular weight excluding hydrogens is 388 g/mol. The fraction of sp³-hybridized carbons (Fsp3) is 0.450. The maximum atomic E-state index is 13.4. The second-order valence-electron chi connectivity index (χ2n) is 7.43. The molecule has 0 saturated heterocycles. The molecule has 28 heavy (non-hydrogen) atoms. The molecule has 2 aromatic rings. The number of ether oxygens (including phenoxy) is 1. The Bertz CT molecular complexity index is 1020. The molecule has 1 aromatic carbocycles. The number of nitrogens with zero attached hydrogens (tertiary/aromatic N) is 1. The molecule has 0 unspecified atom stereocenters. The predicted octanol–water partition coefficient (Wildman–Crippen LogP) is 3.72. The molecule has 152 valence electrons. The van der Waals surface area contributed by atoms with Crippen molar-refractivity contribution in [2.24, 2.45) is 7.05 Å². The third-order valence-electron chi connectivity index (χ3n) is 5.01. The first-order valence-electron chi connectivity index (χ1n) is 9.02. The molecule has 0 radical (unpaired) electrons. The molecule has 8 heteroatoms. The zero-order valence-electron chi connectivity index (χ0n) is 16.0. The van der Waals surface area contributed by atoms with Gasteiger partial charge in [0.25, 0.3) is 5.56 Å². The average molecular weight is 411 g/mol. The molecule has 1 saturated carbocycles. The first-order valence-corrected chi connectivity index (χ1v) is 10.9.